The summed E-state index contributed by atoms with van der Waals surface area (Å²) in [7, 11) is 0. The van der Waals surface area contributed by atoms with Crippen LogP contribution < -0.4 is 4.74 Å². The average Bonchev–Trinajstić information content (AvgIpc) is 2.54. The number of carbonyl (C=O) groups is 2. The van der Waals surface area contributed by atoms with Crippen LogP contribution in [0.15, 0.2) is 30.3 Å². The van der Waals surface area contributed by atoms with Gasteiger partial charge in [0.2, 0.25) is 11.8 Å². The van der Waals surface area contributed by atoms with E-state index in [-0.39, 0.29) is 24.4 Å². The third-order valence-electron chi connectivity index (χ3n) is 4.04. The molecule has 23 heavy (non-hydrogen) atoms. The summed E-state index contributed by atoms with van der Waals surface area (Å²) in [6.07, 6.45) is 0.687. The van der Waals surface area contributed by atoms with Crippen LogP contribution >= 0.6 is 0 Å². The van der Waals surface area contributed by atoms with E-state index in [0.717, 1.165) is 5.75 Å². The number of hydrogen-bond acceptors (Lipinski definition) is 3. The van der Waals surface area contributed by atoms with Crippen molar-refractivity contribution in [3.8, 4) is 5.75 Å². The van der Waals surface area contributed by atoms with E-state index in [1.807, 2.05) is 37.3 Å². The molecule has 1 aliphatic rings. The van der Waals surface area contributed by atoms with Crippen molar-refractivity contribution in [1.82, 2.24) is 9.80 Å². The molecule has 1 aromatic rings. The second-order valence-electron chi connectivity index (χ2n) is 6.25. The molecule has 1 aliphatic heterocycles. The number of nitrogens with zero attached hydrogens (tertiary/aromatic N) is 2. The first-order valence-electron chi connectivity index (χ1n) is 8.29. The predicted octanol–water partition coefficient (Wildman–Crippen LogP) is 2.17. The quantitative estimate of drug-likeness (QED) is 0.774. The molecular weight excluding hydrogens is 292 g/mol. The third kappa shape index (κ3) is 4.47. The minimum absolute atomic E-state index is 0.00811. The molecule has 5 nitrogen and oxygen atoms in total. The Kier molecular flexibility index (Phi) is 6.02. The number of rotatable bonds is 7. The summed E-state index contributed by atoms with van der Waals surface area (Å²) in [6.45, 7) is 7.63. The highest BCUT2D eigenvalue weighted by molar-refractivity contribution is 5.94. The van der Waals surface area contributed by atoms with Crippen molar-refractivity contribution in [3.63, 3.8) is 0 Å². The molecule has 0 aliphatic carbocycles. The average molecular weight is 318 g/mol. The van der Waals surface area contributed by atoms with Crippen molar-refractivity contribution in [2.45, 2.75) is 33.2 Å². The highest BCUT2D eigenvalue weighted by Gasteiger charge is 2.38. The monoisotopic (exact) mass is 318 g/mol. The Balaban J connectivity index is 2.01. The summed E-state index contributed by atoms with van der Waals surface area (Å²) in [4.78, 5) is 28.3. The highest BCUT2D eigenvalue weighted by atomic mass is 16.5. The van der Waals surface area contributed by atoms with Crippen LogP contribution in [0.1, 0.15) is 27.2 Å². The van der Waals surface area contributed by atoms with Crippen LogP contribution in [0.3, 0.4) is 0 Å². The van der Waals surface area contributed by atoms with E-state index in [1.54, 1.807) is 9.80 Å². The van der Waals surface area contributed by atoms with Crippen molar-refractivity contribution in [2.75, 3.05) is 26.2 Å². The molecular formula is C18H26N2O3. The number of ether oxygens (including phenoxy) is 1. The molecule has 5 heteroatoms. The Morgan fingerprint density at radius 2 is 1.91 bits per heavy atom. The lowest BCUT2D eigenvalue weighted by molar-refractivity contribution is -0.156. The second-order valence-corrected chi connectivity index (χ2v) is 6.25. The summed E-state index contributed by atoms with van der Waals surface area (Å²) in [6, 6.07) is 9.14. The zero-order chi connectivity index (χ0) is 16.8. The van der Waals surface area contributed by atoms with E-state index < -0.39 is 0 Å². The number of piperazine rings is 1. The molecule has 1 aromatic carbocycles. The van der Waals surface area contributed by atoms with Gasteiger partial charge in [0.25, 0.3) is 0 Å². The van der Waals surface area contributed by atoms with E-state index in [4.69, 9.17) is 4.74 Å². The van der Waals surface area contributed by atoms with E-state index in [2.05, 4.69) is 13.8 Å². The minimum Gasteiger partial charge on any atom is -0.492 e. The standard InChI is InChI=1S/C18H26N2O3/c1-4-19-13-17(21)20(16(18(19)22)12-14(2)3)10-11-23-15-8-6-5-7-9-15/h5-9,14,16H,4,10-13H2,1-3H3/t16-/m0/s1. The SMILES string of the molecule is CCN1CC(=O)N(CCOc2ccccc2)[C@@H](CC(C)C)C1=O. The van der Waals surface area contributed by atoms with Crippen LogP contribution in [0.2, 0.25) is 0 Å². The fraction of sp³-hybridized carbons (Fsp3) is 0.556. The molecule has 2 rings (SSSR count). The fourth-order valence-corrected chi connectivity index (χ4v) is 2.85. The summed E-state index contributed by atoms with van der Waals surface area (Å²) >= 11 is 0. The molecule has 2 amide bonds. The predicted molar refractivity (Wildman–Crippen MR) is 89.1 cm³/mol. The molecule has 0 aromatic heterocycles. The number of benzene rings is 1. The van der Waals surface area contributed by atoms with Gasteiger partial charge in [0.1, 0.15) is 18.4 Å². The summed E-state index contributed by atoms with van der Waals surface area (Å²) in [5.74, 6) is 1.19. The van der Waals surface area contributed by atoms with Gasteiger partial charge in [-0.05, 0) is 31.4 Å². The van der Waals surface area contributed by atoms with Gasteiger partial charge in [0, 0.05) is 6.54 Å². The number of carbonyl (C=O) groups excluding carboxylic acids is 2. The lowest BCUT2D eigenvalue weighted by Crippen LogP contribution is -2.60. The fourth-order valence-electron chi connectivity index (χ4n) is 2.85. The molecule has 0 radical (unpaired) electrons. The molecule has 0 saturated carbocycles. The van der Waals surface area contributed by atoms with Crippen LogP contribution in [0, 0.1) is 5.92 Å². The normalized spacial score (nSPS) is 18.7. The van der Waals surface area contributed by atoms with Crippen LogP contribution in [-0.4, -0.2) is 53.9 Å². The van der Waals surface area contributed by atoms with E-state index in [0.29, 0.717) is 32.0 Å². The van der Waals surface area contributed by atoms with Crippen molar-refractivity contribution in [2.24, 2.45) is 5.92 Å². The van der Waals surface area contributed by atoms with Crippen LogP contribution in [0.5, 0.6) is 5.75 Å². The van der Waals surface area contributed by atoms with Gasteiger partial charge in [-0.15, -0.1) is 0 Å². The van der Waals surface area contributed by atoms with Crippen molar-refractivity contribution in [1.29, 1.82) is 0 Å². The Hall–Kier alpha value is -2.04. The largest absolute Gasteiger partial charge is 0.492 e. The Morgan fingerprint density at radius 1 is 1.22 bits per heavy atom. The Morgan fingerprint density at radius 3 is 2.52 bits per heavy atom. The first-order chi connectivity index (χ1) is 11.0. The van der Waals surface area contributed by atoms with E-state index in [1.165, 1.54) is 0 Å². The molecule has 126 valence electrons. The maximum atomic E-state index is 12.6. The molecule has 0 N–H and O–H groups in total. The van der Waals surface area contributed by atoms with Gasteiger partial charge in [-0.3, -0.25) is 9.59 Å². The maximum absolute atomic E-state index is 12.6. The molecule has 0 spiro atoms. The lowest BCUT2D eigenvalue weighted by Gasteiger charge is -2.40. The third-order valence-corrected chi connectivity index (χ3v) is 4.04. The number of hydrogen-bond donors (Lipinski definition) is 0. The summed E-state index contributed by atoms with van der Waals surface area (Å²) in [5, 5.41) is 0. The molecule has 0 bridgehead atoms. The maximum Gasteiger partial charge on any atom is 0.245 e. The molecule has 1 saturated heterocycles. The van der Waals surface area contributed by atoms with Gasteiger partial charge in [-0.2, -0.15) is 0 Å². The van der Waals surface area contributed by atoms with Gasteiger partial charge >= 0.3 is 0 Å². The highest BCUT2D eigenvalue weighted by Crippen LogP contribution is 2.19. The Bertz CT molecular complexity index is 530. The van der Waals surface area contributed by atoms with E-state index in [9.17, 15) is 9.59 Å². The first kappa shape index (κ1) is 17.3. The van der Waals surface area contributed by atoms with Crippen molar-refractivity contribution >= 4 is 11.8 Å². The zero-order valence-corrected chi connectivity index (χ0v) is 14.2. The molecule has 1 fully saturated rings. The number of amides is 2. The zero-order valence-electron chi connectivity index (χ0n) is 14.2. The first-order valence-corrected chi connectivity index (χ1v) is 8.29. The van der Waals surface area contributed by atoms with Gasteiger partial charge < -0.3 is 14.5 Å². The molecule has 1 atom stereocenters. The van der Waals surface area contributed by atoms with E-state index >= 15 is 0 Å². The van der Waals surface area contributed by atoms with Crippen LogP contribution in [0.25, 0.3) is 0 Å². The van der Waals surface area contributed by atoms with Crippen molar-refractivity contribution < 1.29 is 14.3 Å². The molecule has 0 unspecified atom stereocenters. The minimum atomic E-state index is -0.365. The van der Waals surface area contributed by atoms with Crippen molar-refractivity contribution in [3.05, 3.63) is 30.3 Å². The van der Waals surface area contributed by atoms with Gasteiger partial charge in [0.05, 0.1) is 13.1 Å². The van der Waals surface area contributed by atoms with Gasteiger partial charge in [0.15, 0.2) is 0 Å². The number of likely N-dealkylation sites (N-methyl/N-ethyl adjacent to an activating group) is 1. The second kappa shape index (κ2) is 7.99. The lowest BCUT2D eigenvalue weighted by atomic mass is 9.99. The summed E-state index contributed by atoms with van der Waals surface area (Å²) < 4.78 is 5.68. The van der Waals surface area contributed by atoms with Gasteiger partial charge in [-0.25, -0.2) is 0 Å². The summed E-state index contributed by atoms with van der Waals surface area (Å²) in [5.41, 5.74) is 0. The van der Waals surface area contributed by atoms with Gasteiger partial charge in [-0.1, -0.05) is 32.0 Å². The smallest absolute Gasteiger partial charge is 0.245 e. The van der Waals surface area contributed by atoms with Crippen LogP contribution in [-0.2, 0) is 9.59 Å². The number of para-hydroxylation sites is 1. The molecule has 1 heterocycles. The van der Waals surface area contributed by atoms with Crippen LogP contribution in [0.4, 0.5) is 0 Å². The Labute approximate surface area is 138 Å². The topological polar surface area (TPSA) is 49.9 Å².